The largest absolute Gasteiger partial charge is 0.299 e. The number of aryl methyl sites for hydroxylation is 1. The summed E-state index contributed by atoms with van der Waals surface area (Å²) in [7, 11) is 0. The van der Waals surface area contributed by atoms with Crippen molar-refractivity contribution < 1.29 is 0 Å². The monoisotopic (exact) mass is 273 g/mol. The highest BCUT2D eigenvalue weighted by Crippen LogP contribution is 2.22. The third kappa shape index (κ3) is 2.53. The molecule has 0 aliphatic heterocycles. The Bertz CT molecular complexity index is 526. The summed E-state index contributed by atoms with van der Waals surface area (Å²) in [6, 6.07) is 3.93. The molecule has 3 nitrogen and oxygen atoms in total. The molecule has 0 spiro atoms. The van der Waals surface area contributed by atoms with Gasteiger partial charge in [0.1, 0.15) is 5.82 Å². The molecule has 86 valence electrons. The second-order valence-corrected chi connectivity index (χ2v) is 5.67. The number of aromatic nitrogens is 3. The molecule has 1 N–H and O–H groups in total. The van der Waals surface area contributed by atoms with Crippen LogP contribution in [0.4, 0.5) is 0 Å². The zero-order valence-corrected chi connectivity index (χ0v) is 11.3. The van der Waals surface area contributed by atoms with E-state index in [9.17, 15) is 0 Å². The highest BCUT2D eigenvalue weighted by Gasteiger charge is 2.07. The molecule has 0 atom stereocenters. The van der Waals surface area contributed by atoms with E-state index in [1.807, 2.05) is 16.7 Å². The lowest BCUT2D eigenvalue weighted by atomic mass is 10.3. The van der Waals surface area contributed by atoms with Crippen LogP contribution in [0.2, 0.25) is 4.34 Å². The molecule has 0 amide bonds. The molecule has 2 heterocycles. The van der Waals surface area contributed by atoms with Crippen LogP contribution < -0.4 is 0 Å². The number of rotatable bonds is 4. The Labute approximate surface area is 108 Å². The van der Waals surface area contributed by atoms with Crippen LogP contribution in [0.1, 0.15) is 24.0 Å². The van der Waals surface area contributed by atoms with E-state index < -0.39 is 0 Å². The lowest BCUT2D eigenvalue weighted by molar-refractivity contribution is 0.705. The summed E-state index contributed by atoms with van der Waals surface area (Å²) >= 11 is 12.7. The SMILES string of the molecule is CCCc1n[nH]c(=S)n1Cc1ccc(Cl)s1. The topological polar surface area (TPSA) is 33.6 Å². The molecule has 0 aliphatic rings. The van der Waals surface area contributed by atoms with E-state index in [0.29, 0.717) is 4.77 Å². The van der Waals surface area contributed by atoms with Crippen molar-refractivity contribution >= 4 is 35.2 Å². The summed E-state index contributed by atoms with van der Waals surface area (Å²) in [6.07, 6.45) is 2.00. The Balaban J connectivity index is 2.26. The summed E-state index contributed by atoms with van der Waals surface area (Å²) in [5.74, 6) is 1.01. The van der Waals surface area contributed by atoms with E-state index >= 15 is 0 Å². The summed E-state index contributed by atoms with van der Waals surface area (Å²) in [5, 5.41) is 7.06. The number of H-pyrrole nitrogens is 1. The van der Waals surface area contributed by atoms with Gasteiger partial charge in [0.15, 0.2) is 4.77 Å². The predicted octanol–water partition coefficient (Wildman–Crippen LogP) is 3.66. The molecule has 0 unspecified atom stereocenters. The van der Waals surface area contributed by atoms with Gasteiger partial charge in [0.2, 0.25) is 0 Å². The van der Waals surface area contributed by atoms with Gasteiger partial charge in [-0.25, -0.2) is 0 Å². The maximum absolute atomic E-state index is 5.90. The van der Waals surface area contributed by atoms with Crippen molar-refractivity contribution in [3.63, 3.8) is 0 Å². The van der Waals surface area contributed by atoms with Gasteiger partial charge in [-0.05, 0) is 30.8 Å². The first-order valence-electron chi connectivity index (χ1n) is 5.09. The highest BCUT2D eigenvalue weighted by molar-refractivity contribution is 7.71. The van der Waals surface area contributed by atoms with Crippen LogP contribution in [0.3, 0.4) is 0 Å². The molecule has 0 aromatic carbocycles. The van der Waals surface area contributed by atoms with Gasteiger partial charge >= 0.3 is 0 Å². The van der Waals surface area contributed by atoms with E-state index in [2.05, 4.69) is 17.1 Å². The zero-order valence-electron chi connectivity index (χ0n) is 8.86. The van der Waals surface area contributed by atoms with Crippen molar-refractivity contribution in [2.24, 2.45) is 0 Å². The second kappa shape index (κ2) is 5.12. The Hall–Kier alpha value is -0.650. The summed E-state index contributed by atoms with van der Waals surface area (Å²) in [6.45, 7) is 2.88. The molecule has 6 heteroatoms. The Morgan fingerprint density at radius 2 is 2.38 bits per heavy atom. The van der Waals surface area contributed by atoms with Crippen LogP contribution in [0.5, 0.6) is 0 Å². The number of aromatic amines is 1. The van der Waals surface area contributed by atoms with Gasteiger partial charge < -0.3 is 0 Å². The molecule has 2 aromatic heterocycles. The van der Waals surface area contributed by atoms with Crippen molar-refractivity contribution in [1.82, 2.24) is 14.8 Å². The molecular weight excluding hydrogens is 262 g/mol. The van der Waals surface area contributed by atoms with E-state index in [1.54, 1.807) is 11.3 Å². The highest BCUT2D eigenvalue weighted by atomic mass is 35.5. The third-order valence-corrected chi connectivity index (χ3v) is 3.78. The Kier molecular flexibility index (Phi) is 3.78. The molecule has 0 saturated heterocycles. The van der Waals surface area contributed by atoms with Crippen molar-refractivity contribution in [2.75, 3.05) is 0 Å². The normalized spacial score (nSPS) is 10.9. The van der Waals surface area contributed by atoms with Gasteiger partial charge in [-0.3, -0.25) is 9.67 Å². The van der Waals surface area contributed by atoms with E-state index in [-0.39, 0.29) is 0 Å². The number of hydrogen-bond acceptors (Lipinski definition) is 3. The fourth-order valence-electron chi connectivity index (χ4n) is 1.52. The van der Waals surface area contributed by atoms with E-state index in [4.69, 9.17) is 23.8 Å². The minimum Gasteiger partial charge on any atom is -0.299 e. The maximum Gasteiger partial charge on any atom is 0.195 e. The third-order valence-electron chi connectivity index (χ3n) is 2.25. The summed E-state index contributed by atoms with van der Waals surface area (Å²) < 4.78 is 3.51. The molecule has 2 aromatic rings. The molecule has 0 aliphatic carbocycles. The first kappa shape index (κ1) is 11.8. The Morgan fingerprint density at radius 3 is 3.00 bits per heavy atom. The molecule has 2 rings (SSSR count). The molecular formula is C10H12ClN3S2. The van der Waals surface area contributed by atoms with Crippen LogP contribution in [0, 0.1) is 4.77 Å². The van der Waals surface area contributed by atoms with Crippen LogP contribution in [0.25, 0.3) is 0 Å². The first-order chi connectivity index (χ1) is 7.70. The van der Waals surface area contributed by atoms with Crippen LogP contribution in [0.15, 0.2) is 12.1 Å². The summed E-state index contributed by atoms with van der Waals surface area (Å²) in [5.41, 5.74) is 0. The molecule has 16 heavy (non-hydrogen) atoms. The van der Waals surface area contributed by atoms with Crippen molar-refractivity contribution in [3.8, 4) is 0 Å². The number of nitrogens with zero attached hydrogens (tertiary/aromatic N) is 2. The average Bonchev–Trinajstić information content (AvgIpc) is 2.79. The first-order valence-corrected chi connectivity index (χ1v) is 6.69. The quantitative estimate of drug-likeness (QED) is 0.863. The number of halogens is 1. The number of hydrogen-bond donors (Lipinski definition) is 1. The Morgan fingerprint density at radius 1 is 1.56 bits per heavy atom. The average molecular weight is 274 g/mol. The second-order valence-electron chi connectivity index (χ2n) is 3.49. The maximum atomic E-state index is 5.90. The minimum atomic E-state index is 0.674. The van der Waals surface area contributed by atoms with Gasteiger partial charge in [-0.1, -0.05) is 18.5 Å². The smallest absolute Gasteiger partial charge is 0.195 e. The van der Waals surface area contributed by atoms with Gasteiger partial charge in [-0.2, -0.15) is 5.10 Å². The van der Waals surface area contributed by atoms with Gasteiger partial charge in [0, 0.05) is 11.3 Å². The van der Waals surface area contributed by atoms with E-state index in [0.717, 1.165) is 29.5 Å². The molecule has 0 fully saturated rings. The lowest BCUT2D eigenvalue weighted by Crippen LogP contribution is -2.04. The predicted molar refractivity (Wildman–Crippen MR) is 69.8 cm³/mol. The lowest BCUT2D eigenvalue weighted by Gasteiger charge is -2.03. The van der Waals surface area contributed by atoms with Gasteiger partial charge in [-0.15, -0.1) is 11.3 Å². The van der Waals surface area contributed by atoms with Crippen molar-refractivity contribution in [2.45, 2.75) is 26.3 Å². The van der Waals surface area contributed by atoms with Crippen molar-refractivity contribution in [1.29, 1.82) is 0 Å². The minimum absolute atomic E-state index is 0.674. The number of nitrogens with one attached hydrogen (secondary N) is 1. The van der Waals surface area contributed by atoms with Gasteiger partial charge in [0.05, 0.1) is 10.9 Å². The standard InChI is InChI=1S/C10H12ClN3S2/c1-2-3-9-12-13-10(15)14(9)6-7-4-5-8(11)16-7/h4-5H,2-3,6H2,1H3,(H,13,15). The van der Waals surface area contributed by atoms with E-state index in [1.165, 1.54) is 4.88 Å². The van der Waals surface area contributed by atoms with Crippen LogP contribution in [-0.4, -0.2) is 14.8 Å². The molecule has 0 bridgehead atoms. The molecule has 0 radical (unpaired) electrons. The number of thiophene rings is 1. The summed E-state index contributed by atoms with van der Waals surface area (Å²) in [4.78, 5) is 1.19. The fourth-order valence-corrected chi connectivity index (χ4v) is 2.81. The molecule has 0 saturated carbocycles. The zero-order chi connectivity index (χ0) is 11.5. The van der Waals surface area contributed by atoms with Crippen molar-refractivity contribution in [3.05, 3.63) is 31.9 Å². The fraction of sp³-hybridized carbons (Fsp3) is 0.400. The van der Waals surface area contributed by atoms with Crippen LogP contribution in [-0.2, 0) is 13.0 Å². The van der Waals surface area contributed by atoms with Gasteiger partial charge in [0.25, 0.3) is 0 Å². The van der Waals surface area contributed by atoms with Crippen LogP contribution >= 0.6 is 35.2 Å².